The molecule has 158 valence electrons. The monoisotopic (exact) mass is 418 g/mol. The van der Waals surface area contributed by atoms with Crippen LogP contribution in [-0.4, -0.2) is 32.5 Å². The van der Waals surface area contributed by atoms with Crippen molar-refractivity contribution < 1.29 is 14.4 Å². The molecule has 1 aliphatic rings. The van der Waals surface area contributed by atoms with Crippen molar-refractivity contribution in [3.63, 3.8) is 0 Å². The minimum absolute atomic E-state index is 0.197. The van der Waals surface area contributed by atoms with Gasteiger partial charge in [-0.15, -0.1) is 0 Å². The van der Waals surface area contributed by atoms with E-state index in [4.69, 9.17) is 0 Å². The fraction of sp³-hybridized carbons (Fsp3) is 0.227. The number of pyridine rings is 1. The largest absolute Gasteiger partial charge is 0.348 e. The Balaban J connectivity index is 1.54. The molecule has 0 unspecified atom stereocenters. The lowest BCUT2D eigenvalue weighted by Crippen LogP contribution is -2.29. The summed E-state index contributed by atoms with van der Waals surface area (Å²) in [6, 6.07) is 8.79. The first-order valence-corrected chi connectivity index (χ1v) is 10.00. The van der Waals surface area contributed by atoms with Gasteiger partial charge in [0.1, 0.15) is 0 Å². The molecule has 3 N–H and O–H groups in total. The number of fused-ring (bicyclic) bond motifs is 1. The minimum Gasteiger partial charge on any atom is -0.348 e. The van der Waals surface area contributed by atoms with E-state index in [1.54, 1.807) is 29.1 Å². The van der Waals surface area contributed by atoms with Crippen molar-refractivity contribution in [1.82, 2.24) is 20.1 Å². The second-order valence-corrected chi connectivity index (χ2v) is 7.28. The third-order valence-electron chi connectivity index (χ3n) is 5.02. The fourth-order valence-electron chi connectivity index (χ4n) is 3.52. The van der Waals surface area contributed by atoms with Gasteiger partial charge in [-0.3, -0.25) is 14.4 Å². The first-order chi connectivity index (χ1) is 15.0. The lowest BCUT2D eigenvalue weighted by Gasteiger charge is -2.11. The third-order valence-corrected chi connectivity index (χ3v) is 5.02. The summed E-state index contributed by atoms with van der Waals surface area (Å²) in [5.41, 5.74) is 3.85. The zero-order valence-electron chi connectivity index (χ0n) is 17.2. The highest BCUT2D eigenvalue weighted by Gasteiger charge is 2.24. The number of carbonyl (C=O) groups is 3. The molecule has 3 amide bonds. The number of nitrogens with one attached hydrogen (secondary N) is 3. The van der Waals surface area contributed by atoms with Gasteiger partial charge < -0.3 is 16.0 Å². The van der Waals surface area contributed by atoms with Gasteiger partial charge in [0.2, 0.25) is 0 Å². The van der Waals surface area contributed by atoms with Crippen molar-refractivity contribution in [3.8, 4) is 5.82 Å². The van der Waals surface area contributed by atoms with Crippen LogP contribution in [0.5, 0.6) is 0 Å². The van der Waals surface area contributed by atoms with E-state index in [2.05, 4.69) is 26.0 Å². The maximum Gasteiger partial charge on any atom is 0.314 e. The molecule has 0 saturated heterocycles. The summed E-state index contributed by atoms with van der Waals surface area (Å²) < 4.78 is 1.67. The molecule has 9 nitrogen and oxygen atoms in total. The Morgan fingerprint density at radius 2 is 1.94 bits per heavy atom. The number of benzene rings is 1. The van der Waals surface area contributed by atoms with Crippen LogP contribution in [0, 0.1) is 6.92 Å². The molecule has 3 heterocycles. The molecule has 1 aliphatic heterocycles. The van der Waals surface area contributed by atoms with E-state index in [0.29, 0.717) is 41.3 Å². The van der Waals surface area contributed by atoms with Crippen LogP contribution in [-0.2, 0) is 22.6 Å². The number of carbonyl (C=O) groups excluding carboxylic acids is 3. The summed E-state index contributed by atoms with van der Waals surface area (Å²) in [6.07, 6.45) is 4.69. The zero-order chi connectivity index (χ0) is 22.0. The van der Waals surface area contributed by atoms with Gasteiger partial charge in [-0.05, 0) is 43.2 Å². The summed E-state index contributed by atoms with van der Waals surface area (Å²) in [5.74, 6) is -1.19. The van der Waals surface area contributed by atoms with Crippen molar-refractivity contribution in [2.45, 2.75) is 33.2 Å². The van der Waals surface area contributed by atoms with Crippen LogP contribution in [0.15, 0.2) is 42.7 Å². The number of hydrogen-bond acceptors (Lipinski definition) is 5. The highest BCUT2D eigenvalue weighted by Crippen LogP contribution is 2.25. The summed E-state index contributed by atoms with van der Waals surface area (Å²) in [4.78, 5) is 41.3. The maximum atomic E-state index is 12.6. The molecule has 0 aliphatic carbocycles. The summed E-state index contributed by atoms with van der Waals surface area (Å²) >= 11 is 0. The maximum absolute atomic E-state index is 12.6. The molecule has 0 fully saturated rings. The third kappa shape index (κ3) is 4.02. The van der Waals surface area contributed by atoms with Gasteiger partial charge in [0.15, 0.2) is 5.82 Å². The van der Waals surface area contributed by atoms with E-state index in [0.717, 1.165) is 17.7 Å². The second kappa shape index (κ2) is 8.39. The molecule has 4 rings (SSSR count). The van der Waals surface area contributed by atoms with E-state index in [1.807, 2.05) is 26.0 Å². The van der Waals surface area contributed by atoms with Gasteiger partial charge in [0.05, 0.1) is 17.6 Å². The molecular formula is C22H22N6O3. The van der Waals surface area contributed by atoms with Gasteiger partial charge in [-0.25, -0.2) is 9.67 Å². The van der Waals surface area contributed by atoms with Crippen molar-refractivity contribution in [2.24, 2.45) is 0 Å². The Hall–Kier alpha value is -4.01. The van der Waals surface area contributed by atoms with Crippen molar-refractivity contribution in [2.75, 3.05) is 10.6 Å². The highest BCUT2D eigenvalue weighted by molar-refractivity contribution is 6.43. The number of aryl methyl sites for hydroxylation is 1. The highest BCUT2D eigenvalue weighted by atomic mass is 16.2. The number of amides is 3. The van der Waals surface area contributed by atoms with Crippen molar-refractivity contribution >= 4 is 29.1 Å². The van der Waals surface area contributed by atoms with Gasteiger partial charge in [-0.1, -0.05) is 19.4 Å². The molecule has 2 aromatic heterocycles. The molecule has 3 aromatic rings. The Morgan fingerprint density at radius 1 is 1.16 bits per heavy atom. The fourth-order valence-corrected chi connectivity index (χ4v) is 3.52. The van der Waals surface area contributed by atoms with Crippen LogP contribution in [0.4, 0.5) is 11.4 Å². The predicted octanol–water partition coefficient (Wildman–Crippen LogP) is 2.35. The van der Waals surface area contributed by atoms with Crippen LogP contribution in [0.25, 0.3) is 5.82 Å². The molecular weight excluding hydrogens is 396 g/mol. The molecule has 0 bridgehead atoms. The van der Waals surface area contributed by atoms with Crippen molar-refractivity contribution in [1.29, 1.82) is 0 Å². The summed E-state index contributed by atoms with van der Waals surface area (Å²) in [7, 11) is 0. The van der Waals surface area contributed by atoms with Gasteiger partial charge >= 0.3 is 11.8 Å². The number of hydrogen-bond donors (Lipinski definition) is 3. The lowest BCUT2D eigenvalue weighted by atomic mass is 10.1. The topological polar surface area (TPSA) is 118 Å². The number of rotatable bonds is 5. The van der Waals surface area contributed by atoms with Crippen LogP contribution in [0.2, 0.25) is 0 Å². The first kappa shape index (κ1) is 20.3. The van der Waals surface area contributed by atoms with Crippen molar-refractivity contribution in [3.05, 3.63) is 65.1 Å². The van der Waals surface area contributed by atoms with Gasteiger partial charge in [-0.2, -0.15) is 5.10 Å². The molecule has 0 saturated carbocycles. The Morgan fingerprint density at radius 3 is 2.68 bits per heavy atom. The normalized spacial score (nSPS) is 12.3. The van der Waals surface area contributed by atoms with Gasteiger partial charge in [0, 0.05) is 29.6 Å². The number of anilines is 2. The Bertz CT molecular complexity index is 1180. The van der Waals surface area contributed by atoms with Crippen LogP contribution >= 0.6 is 0 Å². The van der Waals surface area contributed by atoms with Crippen LogP contribution < -0.4 is 16.0 Å². The summed E-state index contributed by atoms with van der Waals surface area (Å²) in [5, 5.41) is 12.3. The lowest BCUT2D eigenvalue weighted by molar-refractivity contribution is -0.133. The second-order valence-electron chi connectivity index (χ2n) is 7.28. The van der Waals surface area contributed by atoms with Crippen LogP contribution in [0.1, 0.15) is 40.5 Å². The molecule has 9 heteroatoms. The molecule has 0 spiro atoms. The Labute approximate surface area is 178 Å². The zero-order valence-corrected chi connectivity index (χ0v) is 17.2. The average molecular weight is 418 g/mol. The van der Waals surface area contributed by atoms with E-state index in [9.17, 15) is 14.4 Å². The molecule has 0 radical (unpaired) electrons. The van der Waals surface area contributed by atoms with E-state index >= 15 is 0 Å². The standard InChI is InChI=1S/C22H22N6O3/c1-3-5-18-17(12-25-28(18)19-10-13(2)8-9-23-19)27-22(31)21(30)26-16-7-4-6-14-15(16)11-24-20(14)29/h4,6-10,12H,3,5,11H2,1-2H3,(H,24,29)(H,26,30)(H,27,31). The molecule has 1 aromatic carbocycles. The van der Waals surface area contributed by atoms with Gasteiger partial charge in [0.25, 0.3) is 5.91 Å². The predicted molar refractivity (Wildman–Crippen MR) is 115 cm³/mol. The minimum atomic E-state index is -0.823. The first-order valence-electron chi connectivity index (χ1n) is 10.00. The van der Waals surface area contributed by atoms with E-state index in [-0.39, 0.29) is 5.91 Å². The quantitative estimate of drug-likeness (QED) is 0.550. The average Bonchev–Trinajstić information content (AvgIpc) is 3.33. The smallest absolute Gasteiger partial charge is 0.314 e. The van der Waals surface area contributed by atoms with Crippen LogP contribution in [0.3, 0.4) is 0 Å². The van der Waals surface area contributed by atoms with E-state index in [1.165, 1.54) is 6.20 Å². The molecule has 31 heavy (non-hydrogen) atoms. The SMILES string of the molecule is CCCc1c(NC(=O)C(=O)Nc2cccc3c2CNC3=O)cnn1-c1cc(C)ccn1. The number of aromatic nitrogens is 3. The molecule has 0 atom stereocenters. The Kier molecular flexibility index (Phi) is 5.48. The summed E-state index contributed by atoms with van der Waals surface area (Å²) in [6.45, 7) is 4.29. The van der Waals surface area contributed by atoms with E-state index < -0.39 is 11.8 Å². The number of nitrogens with zero attached hydrogens (tertiary/aromatic N) is 3.